The Morgan fingerprint density at radius 1 is 1.33 bits per heavy atom. The number of ether oxygens (including phenoxy) is 1. The molecule has 0 unspecified atom stereocenters. The van der Waals surface area contributed by atoms with Gasteiger partial charge < -0.3 is 10.1 Å². The number of nitrogens with one attached hydrogen (secondary N) is 2. The van der Waals surface area contributed by atoms with Crippen molar-refractivity contribution in [1.82, 2.24) is 19.6 Å². The lowest BCUT2D eigenvalue weighted by Gasteiger charge is -2.07. The van der Waals surface area contributed by atoms with Gasteiger partial charge in [-0.25, -0.2) is 14.9 Å². The van der Waals surface area contributed by atoms with Crippen LogP contribution < -0.4 is 5.32 Å². The number of H-pyrrole nitrogens is 1. The van der Waals surface area contributed by atoms with Crippen molar-refractivity contribution in [3.63, 3.8) is 0 Å². The van der Waals surface area contributed by atoms with Gasteiger partial charge in [-0.1, -0.05) is 23.9 Å². The van der Waals surface area contributed by atoms with Crippen LogP contribution in [0.5, 0.6) is 0 Å². The molecule has 10 heteroatoms. The molecule has 0 radical (unpaired) electrons. The van der Waals surface area contributed by atoms with Gasteiger partial charge >= 0.3 is 5.97 Å². The number of thioether (sulfide) groups is 1. The van der Waals surface area contributed by atoms with Crippen molar-refractivity contribution in [2.24, 2.45) is 0 Å². The fourth-order valence-electron chi connectivity index (χ4n) is 3.74. The molecule has 0 saturated heterocycles. The molecule has 1 amide bonds. The maximum absolute atomic E-state index is 12.7. The molecule has 3 heterocycles. The number of para-hydroxylation sites is 2. The Labute approximate surface area is 180 Å². The molecule has 1 aromatic carbocycles. The van der Waals surface area contributed by atoms with Crippen molar-refractivity contribution in [1.29, 1.82) is 0 Å². The molecule has 30 heavy (non-hydrogen) atoms. The largest absolute Gasteiger partial charge is 0.462 e. The van der Waals surface area contributed by atoms with Crippen LogP contribution in [0.4, 0.5) is 5.00 Å². The first-order valence-corrected chi connectivity index (χ1v) is 11.5. The molecule has 0 aliphatic heterocycles. The predicted molar refractivity (Wildman–Crippen MR) is 116 cm³/mol. The third-order valence-electron chi connectivity index (χ3n) is 4.99. The number of anilines is 1. The molecule has 0 saturated carbocycles. The van der Waals surface area contributed by atoms with E-state index in [0.717, 1.165) is 35.9 Å². The Morgan fingerprint density at radius 3 is 3.07 bits per heavy atom. The predicted octanol–water partition coefficient (Wildman–Crippen LogP) is 3.67. The minimum absolute atomic E-state index is 0.164. The normalized spacial score (nSPS) is 13.1. The summed E-state index contributed by atoms with van der Waals surface area (Å²) in [6, 6.07) is 7.78. The highest BCUT2D eigenvalue weighted by molar-refractivity contribution is 7.99. The number of fused-ring (bicyclic) bond motifs is 4. The van der Waals surface area contributed by atoms with Crippen LogP contribution in [0.2, 0.25) is 0 Å². The SMILES string of the molecule is CCOC(=O)c1c(NC(=O)CSc2n[nH]c3nc4ccccc4n23)sc2c1CCC2. The van der Waals surface area contributed by atoms with Crippen LogP contribution in [-0.2, 0) is 22.4 Å². The second-order valence-corrected chi connectivity index (χ2v) is 8.93. The van der Waals surface area contributed by atoms with Gasteiger partial charge in [0.2, 0.25) is 11.7 Å². The van der Waals surface area contributed by atoms with Crippen molar-refractivity contribution in [2.45, 2.75) is 31.3 Å². The molecule has 0 bridgehead atoms. The average Bonchev–Trinajstić information content (AvgIpc) is 3.46. The highest BCUT2D eigenvalue weighted by atomic mass is 32.2. The zero-order valence-electron chi connectivity index (χ0n) is 16.2. The van der Waals surface area contributed by atoms with Gasteiger partial charge in [0, 0.05) is 4.88 Å². The van der Waals surface area contributed by atoms with Crippen LogP contribution >= 0.6 is 23.1 Å². The molecular weight excluding hydrogens is 422 g/mol. The van der Waals surface area contributed by atoms with Crippen LogP contribution in [0.1, 0.15) is 34.1 Å². The van der Waals surface area contributed by atoms with Crippen molar-refractivity contribution >= 4 is 56.8 Å². The standard InChI is InChI=1S/C20H19N5O3S2/c1-2-28-18(27)16-11-6-5-9-14(11)30-17(16)22-15(26)10-29-20-24-23-19-21-12-7-3-4-8-13(12)25(19)20/h3-4,7-8H,2,5-6,9-10H2,1H3,(H,21,23)(H,22,26). The quantitative estimate of drug-likeness (QED) is 0.350. The summed E-state index contributed by atoms with van der Waals surface area (Å²) in [5.74, 6) is 0.250. The summed E-state index contributed by atoms with van der Waals surface area (Å²) in [7, 11) is 0. The third kappa shape index (κ3) is 3.25. The van der Waals surface area contributed by atoms with Crippen molar-refractivity contribution in [3.8, 4) is 0 Å². The molecule has 4 aromatic rings. The van der Waals surface area contributed by atoms with E-state index in [9.17, 15) is 9.59 Å². The van der Waals surface area contributed by atoms with Crippen molar-refractivity contribution in [2.75, 3.05) is 17.7 Å². The fourth-order valence-corrected chi connectivity index (χ4v) is 5.79. The summed E-state index contributed by atoms with van der Waals surface area (Å²) in [5.41, 5.74) is 3.35. The van der Waals surface area contributed by atoms with E-state index in [2.05, 4.69) is 20.5 Å². The average molecular weight is 442 g/mol. The van der Waals surface area contributed by atoms with Gasteiger partial charge in [0.15, 0.2) is 5.16 Å². The highest BCUT2D eigenvalue weighted by Gasteiger charge is 2.28. The number of nitrogens with zero attached hydrogens (tertiary/aromatic N) is 3. The van der Waals surface area contributed by atoms with Crippen LogP contribution in [0.25, 0.3) is 16.8 Å². The number of amides is 1. The summed E-state index contributed by atoms with van der Waals surface area (Å²) >= 11 is 2.80. The Bertz CT molecular complexity index is 1270. The number of rotatable bonds is 6. The Morgan fingerprint density at radius 2 is 2.20 bits per heavy atom. The minimum atomic E-state index is -0.362. The maximum atomic E-state index is 12.7. The number of imidazole rings is 1. The molecule has 2 N–H and O–H groups in total. The number of aromatic amines is 1. The maximum Gasteiger partial charge on any atom is 0.341 e. The summed E-state index contributed by atoms with van der Waals surface area (Å²) in [6.45, 7) is 2.09. The smallest absolute Gasteiger partial charge is 0.341 e. The lowest BCUT2D eigenvalue weighted by molar-refractivity contribution is -0.113. The van der Waals surface area contributed by atoms with E-state index in [1.165, 1.54) is 28.0 Å². The minimum Gasteiger partial charge on any atom is -0.462 e. The number of hydrogen-bond donors (Lipinski definition) is 2. The third-order valence-corrected chi connectivity index (χ3v) is 7.14. The lowest BCUT2D eigenvalue weighted by Crippen LogP contribution is -2.17. The molecule has 3 aromatic heterocycles. The van der Waals surface area contributed by atoms with E-state index in [0.29, 0.717) is 28.1 Å². The van der Waals surface area contributed by atoms with Crippen LogP contribution in [0.15, 0.2) is 29.4 Å². The number of hydrogen-bond acceptors (Lipinski definition) is 7. The topological polar surface area (TPSA) is 101 Å². The number of carbonyl (C=O) groups excluding carboxylic acids is 2. The summed E-state index contributed by atoms with van der Waals surface area (Å²) in [4.78, 5) is 30.8. The summed E-state index contributed by atoms with van der Waals surface area (Å²) in [5, 5.41) is 11.4. The highest BCUT2D eigenvalue weighted by Crippen LogP contribution is 2.39. The lowest BCUT2D eigenvalue weighted by atomic mass is 10.1. The Kier molecular flexibility index (Phi) is 4.95. The van der Waals surface area contributed by atoms with Gasteiger partial charge in [-0.2, -0.15) is 0 Å². The van der Waals surface area contributed by atoms with E-state index in [-0.39, 0.29) is 17.6 Å². The number of esters is 1. The van der Waals surface area contributed by atoms with E-state index >= 15 is 0 Å². The summed E-state index contributed by atoms with van der Waals surface area (Å²) in [6.07, 6.45) is 2.82. The second kappa shape index (κ2) is 7.77. The number of aryl methyl sites for hydroxylation is 1. The molecule has 0 spiro atoms. The van der Waals surface area contributed by atoms with Gasteiger partial charge in [0.1, 0.15) is 5.00 Å². The number of aromatic nitrogens is 4. The van der Waals surface area contributed by atoms with Gasteiger partial charge in [-0.15, -0.1) is 16.4 Å². The number of carbonyl (C=O) groups is 2. The zero-order chi connectivity index (χ0) is 20.7. The van der Waals surface area contributed by atoms with Crippen LogP contribution in [-0.4, -0.2) is 43.8 Å². The van der Waals surface area contributed by atoms with E-state index in [1.54, 1.807) is 6.92 Å². The molecule has 0 atom stereocenters. The summed E-state index contributed by atoms with van der Waals surface area (Å²) < 4.78 is 7.12. The van der Waals surface area contributed by atoms with Gasteiger partial charge in [0.05, 0.1) is 29.0 Å². The van der Waals surface area contributed by atoms with Crippen LogP contribution in [0, 0.1) is 0 Å². The monoisotopic (exact) mass is 441 g/mol. The van der Waals surface area contributed by atoms with Crippen molar-refractivity contribution < 1.29 is 14.3 Å². The molecule has 1 aliphatic carbocycles. The van der Waals surface area contributed by atoms with Gasteiger partial charge in [0.25, 0.3) is 0 Å². The van der Waals surface area contributed by atoms with E-state index in [4.69, 9.17) is 4.74 Å². The molecular formula is C20H19N5O3S2. The van der Waals surface area contributed by atoms with E-state index in [1.807, 2.05) is 28.7 Å². The first-order chi connectivity index (χ1) is 14.7. The number of benzene rings is 1. The molecule has 8 nitrogen and oxygen atoms in total. The fraction of sp³-hybridized carbons (Fsp3) is 0.300. The molecule has 154 valence electrons. The molecule has 5 rings (SSSR count). The first kappa shape index (κ1) is 19.1. The van der Waals surface area contributed by atoms with Gasteiger partial charge in [-0.3, -0.25) is 9.20 Å². The zero-order valence-corrected chi connectivity index (χ0v) is 17.9. The first-order valence-electron chi connectivity index (χ1n) is 9.71. The molecule has 0 fully saturated rings. The Balaban J connectivity index is 1.34. The Hall–Kier alpha value is -2.85. The van der Waals surface area contributed by atoms with Crippen LogP contribution in [0.3, 0.4) is 0 Å². The number of thiophene rings is 1. The van der Waals surface area contributed by atoms with E-state index < -0.39 is 0 Å². The second-order valence-electron chi connectivity index (χ2n) is 6.88. The van der Waals surface area contributed by atoms with Crippen molar-refractivity contribution in [3.05, 3.63) is 40.3 Å². The van der Waals surface area contributed by atoms with Gasteiger partial charge in [-0.05, 0) is 43.9 Å². The molecule has 1 aliphatic rings.